The van der Waals surface area contributed by atoms with Crippen LogP contribution >= 0.6 is 11.6 Å². The normalized spacial score (nSPS) is 27.4. The highest BCUT2D eigenvalue weighted by molar-refractivity contribution is 6.32. The third-order valence-electron chi connectivity index (χ3n) is 3.06. The van der Waals surface area contributed by atoms with Gasteiger partial charge in [-0.25, -0.2) is 0 Å². The maximum atomic E-state index is 11.9. The SMILES string of the molecule is O=C1C=C(c2ccccc2Cl)O[C@H]2OCC[C@@H]12. The molecule has 1 saturated heterocycles. The van der Waals surface area contributed by atoms with Crippen molar-refractivity contribution in [2.75, 3.05) is 6.61 Å². The third-order valence-corrected chi connectivity index (χ3v) is 3.39. The average molecular weight is 251 g/mol. The Morgan fingerprint density at radius 2 is 2.12 bits per heavy atom. The molecule has 3 rings (SSSR count). The zero-order valence-electron chi connectivity index (χ0n) is 9.06. The number of carbonyl (C=O) groups is 1. The Balaban J connectivity index is 1.97. The Morgan fingerprint density at radius 1 is 1.29 bits per heavy atom. The van der Waals surface area contributed by atoms with Gasteiger partial charge < -0.3 is 9.47 Å². The van der Waals surface area contributed by atoms with Crippen LogP contribution in [-0.2, 0) is 14.3 Å². The number of rotatable bonds is 1. The Kier molecular flexibility index (Phi) is 2.65. The fourth-order valence-corrected chi connectivity index (χ4v) is 2.38. The molecule has 0 aromatic heterocycles. The van der Waals surface area contributed by atoms with E-state index in [2.05, 4.69) is 0 Å². The largest absolute Gasteiger partial charge is 0.463 e. The second kappa shape index (κ2) is 4.17. The lowest BCUT2D eigenvalue weighted by molar-refractivity contribution is -0.133. The van der Waals surface area contributed by atoms with Gasteiger partial charge in [-0.15, -0.1) is 0 Å². The number of ether oxygens (including phenoxy) is 2. The molecule has 0 spiro atoms. The van der Waals surface area contributed by atoms with E-state index >= 15 is 0 Å². The molecule has 0 aliphatic carbocycles. The smallest absolute Gasteiger partial charge is 0.210 e. The summed E-state index contributed by atoms with van der Waals surface area (Å²) in [5.41, 5.74) is 0.733. The van der Waals surface area contributed by atoms with Crippen LogP contribution in [0.3, 0.4) is 0 Å². The highest BCUT2D eigenvalue weighted by Gasteiger charge is 2.39. The molecule has 0 N–H and O–H groups in total. The molecule has 0 saturated carbocycles. The summed E-state index contributed by atoms with van der Waals surface area (Å²) < 4.78 is 11.1. The first-order valence-corrected chi connectivity index (χ1v) is 5.92. The molecule has 2 aliphatic heterocycles. The predicted molar refractivity (Wildman–Crippen MR) is 63.4 cm³/mol. The Labute approximate surface area is 104 Å². The molecule has 0 unspecified atom stereocenters. The summed E-state index contributed by atoms with van der Waals surface area (Å²) in [6.45, 7) is 0.574. The highest BCUT2D eigenvalue weighted by atomic mass is 35.5. The van der Waals surface area contributed by atoms with E-state index in [9.17, 15) is 4.79 Å². The number of allylic oxidation sites excluding steroid dienone is 1. The molecule has 4 heteroatoms. The van der Waals surface area contributed by atoms with Crippen molar-refractivity contribution in [1.82, 2.24) is 0 Å². The molecular formula is C13H11ClO3. The lowest BCUT2D eigenvalue weighted by Crippen LogP contribution is -2.29. The van der Waals surface area contributed by atoms with Crippen molar-refractivity contribution in [2.24, 2.45) is 5.92 Å². The number of hydrogen-bond acceptors (Lipinski definition) is 3. The van der Waals surface area contributed by atoms with Crippen LogP contribution < -0.4 is 0 Å². The van der Waals surface area contributed by atoms with Crippen molar-refractivity contribution in [3.63, 3.8) is 0 Å². The predicted octanol–water partition coefficient (Wildman–Crippen LogP) is 2.64. The van der Waals surface area contributed by atoms with Crippen LogP contribution in [0.4, 0.5) is 0 Å². The molecule has 17 heavy (non-hydrogen) atoms. The van der Waals surface area contributed by atoms with Crippen LogP contribution in [0.25, 0.3) is 5.76 Å². The van der Waals surface area contributed by atoms with Crippen LogP contribution in [0.1, 0.15) is 12.0 Å². The zero-order valence-corrected chi connectivity index (χ0v) is 9.81. The molecule has 3 nitrogen and oxygen atoms in total. The van der Waals surface area contributed by atoms with E-state index < -0.39 is 6.29 Å². The van der Waals surface area contributed by atoms with Gasteiger partial charge in [0.25, 0.3) is 0 Å². The summed E-state index contributed by atoms with van der Waals surface area (Å²) in [6.07, 6.45) is 1.81. The molecule has 2 aliphatic rings. The van der Waals surface area contributed by atoms with Gasteiger partial charge in [-0.1, -0.05) is 23.7 Å². The van der Waals surface area contributed by atoms with Crippen molar-refractivity contribution in [1.29, 1.82) is 0 Å². The van der Waals surface area contributed by atoms with Gasteiger partial charge in [0.15, 0.2) is 5.78 Å². The number of benzene rings is 1. The van der Waals surface area contributed by atoms with Crippen LogP contribution in [-0.4, -0.2) is 18.7 Å². The number of ketones is 1. The van der Waals surface area contributed by atoms with E-state index in [1.807, 2.05) is 18.2 Å². The Hall–Kier alpha value is -1.32. The Morgan fingerprint density at radius 3 is 2.94 bits per heavy atom. The van der Waals surface area contributed by atoms with E-state index in [4.69, 9.17) is 21.1 Å². The average Bonchev–Trinajstić information content (AvgIpc) is 2.78. The fraction of sp³-hybridized carbons (Fsp3) is 0.308. The van der Waals surface area contributed by atoms with Gasteiger partial charge >= 0.3 is 0 Å². The number of halogens is 1. The molecule has 0 radical (unpaired) electrons. The van der Waals surface area contributed by atoms with Gasteiger partial charge in [0.1, 0.15) is 5.76 Å². The minimum Gasteiger partial charge on any atom is -0.463 e. The van der Waals surface area contributed by atoms with Crippen molar-refractivity contribution in [3.8, 4) is 0 Å². The van der Waals surface area contributed by atoms with E-state index in [1.54, 1.807) is 6.07 Å². The minimum atomic E-state index is -0.446. The first-order chi connectivity index (χ1) is 8.25. The van der Waals surface area contributed by atoms with Gasteiger partial charge in [0, 0.05) is 11.6 Å². The fourth-order valence-electron chi connectivity index (χ4n) is 2.15. The van der Waals surface area contributed by atoms with Gasteiger partial charge in [0.2, 0.25) is 6.29 Å². The molecule has 2 heterocycles. The summed E-state index contributed by atoms with van der Waals surface area (Å²) in [5, 5.41) is 0.572. The highest BCUT2D eigenvalue weighted by Crippen LogP contribution is 2.35. The Bertz CT molecular complexity index is 495. The van der Waals surface area contributed by atoms with Crippen LogP contribution in [0.2, 0.25) is 5.02 Å². The lowest BCUT2D eigenvalue weighted by atomic mass is 9.98. The summed E-state index contributed by atoms with van der Waals surface area (Å²) in [6, 6.07) is 7.30. The molecular weight excluding hydrogens is 240 g/mol. The third kappa shape index (κ3) is 1.85. The first-order valence-electron chi connectivity index (χ1n) is 5.54. The van der Waals surface area contributed by atoms with Gasteiger partial charge in [-0.05, 0) is 18.6 Å². The summed E-state index contributed by atoms with van der Waals surface area (Å²) in [7, 11) is 0. The van der Waals surface area contributed by atoms with Crippen LogP contribution in [0.5, 0.6) is 0 Å². The zero-order chi connectivity index (χ0) is 11.8. The van der Waals surface area contributed by atoms with E-state index in [-0.39, 0.29) is 11.7 Å². The maximum Gasteiger partial charge on any atom is 0.210 e. The van der Waals surface area contributed by atoms with E-state index in [0.717, 1.165) is 12.0 Å². The molecule has 0 bridgehead atoms. The van der Waals surface area contributed by atoms with Gasteiger partial charge in [-0.2, -0.15) is 0 Å². The number of fused-ring (bicyclic) bond motifs is 1. The standard InChI is InChI=1S/C13H11ClO3/c14-10-4-2-1-3-8(10)12-7-11(15)9-5-6-16-13(9)17-12/h1-4,7,9,13H,5-6H2/t9-,13+/m0/s1. The molecule has 88 valence electrons. The summed E-state index contributed by atoms with van der Waals surface area (Å²) in [4.78, 5) is 11.9. The van der Waals surface area contributed by atoms with E-state index in [0.29, 0.717) is 17.4 Å². The molecule has 2 atom stereocenters. The second-order valence-corrected chi connectivity index (χ2v) is 4.55. The monoisotopic (exact) mass is 250 g/mol. The summed E-state index contributed by atoms with van der Waals surface area (Å²) in [5.74, 6) is 0.415. The second-order valence-electron chi connectivity index (χ2n) is 4.14. The maximum absolute atomic E-state index is 11.9. The van der Waals surface area contributed by atoms with Crippen molar-refractivity contribution < 1.29 is 14.3 Å². The molecule has 1 fully saturated rings. The van der Waals surface area contributed by atoms with Crippen molar-refractivity contribution >= 4 is 23.1 Å². The quantitative estimate of drug-likeness (QED) is 0.769. The van der Waals surface area contributed by atoms with Crippen LogP contribution in [0, 0.1) is 5.92 Å². The molecule has 0 amide bonds. The molecule has 1 aromatic rings. The number of carbonyl (C=O) groups excluding carboxylic acids is 1. The minimum absolute atomic E-state index is 0.0636. The first kappa shape index (κ1) is 10.8. The van der Waals surface area contributed by atoms with Gasteiger partial charge in [0.05, 0.1) is 17.5 Å². The molecule has 1 aromatic carbocycles. The van der Waals surface area contributed by atoms with Crippen LogP contribution in [0.15, 0.2) is 30.3 Å². The topological polar surface area (TPSA) is 35.5 Å². The summed E-state index contributed by atoms with van der Waals surface area (Å²) >= 11 is 6.08. The van der Waals surface area contributed by atoms with Gasteiger partial charge in [-0.3, -0.25) is 4.79 Å². The van der Waals surface area contributed by atoms with Crippen molar-refractivity contribution in [3.05, 3.63) is 40.9 Å². The van der Waals surface area contributed by atoms with E-state index in [1.165, 1.54) is 6.08 Å². The number of hydrogen-bond donors (Lipinski definition) is 0. The van der Waals surface area contributed by atoms with Crippen molar-refractivity contribution in [2.45, 2.75) is 12.7 Å². The lowest BCUT2D eigenvalue weighted by Gasteiger charge is -2.25.